The summed E-state index contributed by atoms with van der Waals surface area (Å²) >= 11 is 1.14. The van der Waals surface area contributed by atoms with E-state index < -0.39 is 7.32 Å². The first-order valence-electron chi connectivity index (χ1n) is 0.919. The van der Waals surface area contributed by atoms with Gasteiger partial charge in [-0.2, -0.15) is 0 Å². The molecular weight excluding hydrogens is 186 g/mol. The van der Waals surface area contributed by atoms with Crippen LogP contribution < -0.4 is 0 Å². The van der Waals surface area contributed by atoms with Gasteiger partial charge >= 0.3 is 43.1 Å². The van der Waals surface area contributed by atoms with Gasteiger partial charge in [-0.25, -0.2) is 0 Å². The van der Waals surface area contributed by atoms with Crippen molar-refractivity contribution in [2.45, 2.75) is 0 Å². The standard InChI is InChI=1S/BH2O3Te/c2-1(3)4-5/h2-3H. The van der Waals surface area contributed by atoms with E-state index in [0.29, 0.717) is 0 Å². The van der Waals surface area contributed by atoms with Crippen molar-refractivity contribution in [3.8, 4) is 0 Å². The molecule has 3 nitrogen and oxygen atoms in total. The van der Waals surface area contributed by atoms with E-state index in [9.17, 15) is 0 Å². The van der Waals surface area contributed by atoms with Crippen molar-refractivity contribution < 1.29 is 13.1 Å². The van der Waals surface area contributed by atoms with Crippen LogP contribution in [0.25, 0.3) is 0 Å². The van der Waals surface area contributed by atoms with Gasteiger partial charge < -0.3 is 0 Å². The molecule has 0 aromatic carbocycles. The molecule has 5 heavy (non-hydrogen) atoms. The Morgan fingerprint density at radius 1 is 1.60 bits per heavy atom. The third kappa shape index (κ3) is 4.73. The Balaban J connectivity index is 2.54. The Morgan fingerprint density at radius 2 is 1.80 bits per heavy atom. The molecule has 0 aliphatic rings. The SMILES string of the molecule is OB(O)O[Te]. The maximum absolute atomic E-state index is 7.70. The molecule has 0 atom stereocenters. The van der Waals surface area contributed by atoms with Gasteiger partial charge in [0.2, 0.25) is 0 Å². The molecule has 0 bridgehead atoms. The van der Waals surface area contributed by atoms with Gasteiger partial charge in [-0.3, -0.25) is 0 Å². The molecule has 0 amide bonds. The van der Waals surface area contributed by atoms with E-state index in [1.807, 2.05) is 0 Å². The summed E-state index contributed by atoms with van der Waals surface area (Å²) in [5, 5.41) is 15.4. The monoisotopic (exact) mass is 191 g/mol. The average molecular weight is 188 g/mol. The Kier molecular flexibility index (Phi) is 3.38. The fourth-order valence-electron chi connectivity index (χ4n) is 0. The molecule has 0 fully saturated rings. The molecule has 0 aliphatic carbocycles. The Hall–Kier alpha value is 0.735. The summed E-state index contributed by atoms with van der Waals surface area (Å²) in [5.74, 6) is 0. The van der Waals surface area contributed by atoms with Crippen LogP contribution in [-0.2, 0) is 3.02 Å². The topological polar surface area (TPSA) is 49.7 Å². The van der Waals surface area contributed by atoms with Gasteiger partial charge in [0.05, 0.1) is 0 Å². The molecule has 0 spiro atoms. The predicted molar refractivity (Wildman–Crippen MR) is 17.0 cm³/mol. The molecule has 29 valence electrons. The van der Waals surface area contributed by atoms with Gasteiger partial charge in [0, 0.05) is 0 Å². The quantitative estimate of drug-likeness (QED) is 0.471. The first kappa shape index (κ1) is 5.73. The van der Waals surface area contributed by atoms with Crippen molar-refractivity contribution in [1.29, 1.82) is 0 Å². The molecule has 0 rings (SSSR count). The molecule has 5 heteroatoms. The summed E-state index contributed by atoms with van der Waals surface area (Å²) < 4.78 is 3.87. The van der Waals surface area contributed by atoms with E-state index in [4.69, 9.17) is 10.0 Å². The molecule has 0 unspecified atom stereocenters. The summed E-state index contributed by atoms with van der Waals surface area (Å²) in [6, 6.07) is 0. The van der Waals surface area contributed by atoms with Crippen LogP contribution in [0.2, 0.25) is 0 Å². The van der Waals surface area contributed by atoms with Gasteiger partial charge in [0.15, 0.2) is 0 Å². The molecular formula is H2BO3Te. The van der Waals surface area contributed by atoms with Crippen molar-refractivity contribution in [2.24, 2.45) is 0 Å². The van der Waals surface area contributed by atoms with Gasteiger partial charge in [-0.1, -0.05) is 0 Å². The van der Waals surface area contributed by atoms with Crippen LogP contribution >= 0.6 is 0 Å². The van der Waals surface area contributed by atoms with E-state index in [1.165, 1.54) is 0 Å². The number of hydrogen-bond donors (Lipinski definition) is 2. The Labute approximate surface area is 43.6 Å². The zero-order chi connectivity index (χ0) is 4.28. The van der Waals surface area contributed by atoms with Gasteiger partial charge in [0.25, 0.3) is 0 Å². The van der Waals surface area contributed by atoms with E-state index in [0.717, 1.165) is 22.7 Å². The third-order valence-corrected chi connectivity index (χ3v) is 0.577. The van der Waals surface area contributed by atoms with Crippen molar-refractivity contribution in [3.63, 3.8) is 0 Å². The first-order chi connectivity index (χ1) is 2.27. The third-order valence-electron chi connectivity index (χ3n) is 0.0861. The van der Waals surface area contributed by atoms with Crippen LogP contribution in [0.4, 0.5) is 0 Å². The second-order valence-electron chi connectivity index (χ2n) is 0.423. The Bertz CT molecular complexity index is 20.9. The minimum absolute atomic E-state index is 1.14. The first-order valence-corrected chi connectivity index (χ1v) is 1.87. The molecule has 1 radical (unpaired) electrons. The molecule has 0 aromatic rings. The van der Waals surface area contributed by atoms with Crippen molar-refractivity contribution in [3.05, 3.63) is 0 Å². The van der Waals surface area contributed by atoms with Gasteiger partial charge in [0.1, 0.15) is 0 Å². The predicted octanol–water partition coefficient (Wildman–Crippen LogP) is -1.94. The molecule has 2 N–H and O–H groups in total. The summed E-state index contributed by atoms with van der Waals surface area (Å²) in [6.07, 6.45) is 0. The second kappa shape index (κ2) is 2.95. The van der Waals surface area contributed by atoms with Gasteiger partial charge in [-0.15, -0.1) is 0 Å². The van der Waals surface area contributed by atoms with Crippen molar-refractivity contribution in [1.82, 2.24) is 0 Å². The zero-order valence-corrected chi connectivity index (χ0v) is 4.62. The summed E-state index contributed by atoms with van der Waals surface area (Å²) in [4.78, 5) is 0. The fraction of sp³-hybridized carbons (Fsp3) is 0. The molecule has 0 aliphatic heterocycles. The summed E-state index contributed by atoms with van der Waals surface area (Å²) in [6.45, 7) is 0. The average Bonchev–Trinajstić information content (AvgIpc) is 1.38. The van der Waals surface area contributed by atoms with E-state index in [-0.39, 0.29) is 0 Å². The van der Waals surface area contributed by atoms with E-state index in [1.54, 1.807) is 0 Å². The maximum atomic E-state index is 7.70. The minimum atomic E-state index is -1.61. The van der Waals surface area contributed by atoms with Crippen LogP contribution in [0, 0.1) is 0 Å². The van der Waals surface area contributed by atoms with Crippen LogP contribution in [0.1, 0.15) is 0 Å². The second-order valence-corrected chi connectivity index (χ2v) is 0.972. The molecule has 0 aromatic heterocycles. The summed E-state index contributed by atoms with van der Waals surface area (Å²) in [7, 11) is -1.61. The zero-order valence-electron chi connectivity index (χ0n) is 2.29. The normalized spacial score (nSPS) is 7.80. The molecule has 0 saturated carbocycles. The van der Waals surface area contributed by atoms with Crippen molar-refractivity contribution in [2.75, 3.05) is 0 Å². The molecule has 0 heterocycles. The van der Waals surface area contributed by atoms with Crippen LogP contribution in [0.15, 0.2) is 0 Å². The number of rotatable bonds is 1. The van der Waals surface area contributed by atoms with Gasteiger partial charge in [-0.05, 0) is 0 Å². The van der Waals surface area contributed by atoms with Crippen molar-refractivity contribution >= 4 is 30.0 Å². The molecule has 0 saturated heterocycles. The van der Waals surface area contributed by atoms with Crippen LogP contribution in [0.5, 0.6) is 0 Å². The summed E-state index contributed by atoms with van der Waals surface area (Å²) in [5.41, 5.74) is 0. The van der Waals surface area contributed by atoms with E-state index >= 15 is 0 Å². The fourth-order valence-corrected chi connectivity index (χ4v) is 0. The Morgan fingerprint density at radius 3 is 1.80 bits per heavy atom. The van der Waals surface area contributed by atoms with Crippen LogP contribution in [0.3, 0.4) is 0 Å². The number of hydrogen-bond acceptors (Lipinski definition) is 3. The van der Waals surface area contributed by atoms with Crippen LogP contribution in [-0.4, -0.2) is 40.1 Å². The van der Waals surface area contributed by atoms with E-state index in [2.05, 4.69) is 3.02 Å².